The third kappa shape index (κ3) is 4.47. The summed E-state index contributed by atoms with van der Waals surface area (Å²) in [6.45, 7) is 0. The van der Waals surface area contributed by atoms with Crippen LogP contribution in [-0.4, -0.2) is 45.5 Å². The molecule has 0 saturated carbocycles. The molecule has 1 amide bonds. The van der Waals surface area contributed by atoms with Gasteiger partial charge in [-0.05, 0) is 24.3 Å². The standard InChI is InChI=1S/C18H19N3O7/c1-25-14-6-5-11(7-15(14)26-2)18(22)20-19-10-12-8-16(27-3)17(28-4)9-13(12)21(23)24/h5-10H,1-4H3,(H,20,22)/b19-10-. The molecular formula is C18H19N3O7. The second kappa shape index (κ2) is 9.21. The number of rotatable bonds is 8. The van der Waals surface area contributed by atoms with Crippen LogP contribution in [0.1, 0.15) is 15.9 Å². The molecule has 2 aromatic rings. The Morgan fingerprint density at radius 2 is 1.54 bits per heavy atom. The van der Waals surface area contributed by atoms with Crippen LogP contribution in [0.3, 0.4) is 0 Å². The summed E-state index contributed by atoms with van der Waals surface area (Å²) in [5, 5.41) is 15.1. The van der Waals surface area contributed by atoms with Crippen LogP contribution >= 0.6 is 0 Å². The molecular weight excluding hydrogens is 370 g/mol. The van der Waals surface area contributed by atoms with E-state index in [-0.39, 0.29) is 22.6 Å². The van der Waals surface area contributed by atoms with Gasteiger partial charge in [-0.3, -0.25) is 14.9 Å². The summed E-state index contributed by atoms with van der Waals surface area (Å²) in [5.74, 6) is 0.833. The molecule has 0 aliphatic heterocycles. The van der Waals surface area contributed by atoms with Crippen molar-refractivity contribution < 1.29 is 28.7 Å². The molecule has 1 N–H and O–H groups in total. The molecule has 10 nitrogen and oxygen atoms in total. The zero-order chi connectivity index (χ0) is 20.7. The number of amides is 1. The summed E-state index contributed by atoms with van der Waals surface area (Å²) in [7, 11) is 5.72. The molecule has 0 heterocycles. The van der Waals surface area contributed by atoms with Crippen molar-refractivity contribution in [3.05, 3.63) is 51.6 Å². The van der Waals surface area contributed by atoms with Gasteiger partial charge in [-0.1, -0.05) is 0 Å². The van der Waals surface area contributed by atoms with E-state index in [1.807, 2.05) is 0 Å². The van der Waals surface area contributed by atoms with E-state index in [1.54, 1.807) is 6.07 Å². The topological polar surface area (TPSA) is 122 Å². The Hall–Kier alpha value is -3.82. The summed E-state index contributed by atoms with van der Waals surface area (Å²) in [6.07, 6.45) is 1.15. The van der Waals surface area contributed by atoms with Crippen molar-refractivity contribution in [2.75, 3.05) is 28.4 Å². The lowest BCUT2D eigenvalue weighted by Crippen LogP contribution is -2.17. The summed E-state index contributed by atoms with van der Waals surface area (Å²) in [6, 6.07) is 7.21. The van der Waals surface area contributed by atoms with Gasteiger partial charge in [0, 0.05) is 5.56 Å². The summed E-state index contributed by atoms with van der Waals surface area (Å²) < 4.78 is 20.5. The third-order valence-corrected chi connectivity index (χ3v) is 3.75. The lowest BCUT2D eigenvalue weighted by Gasteiger charge is -2.09. The number of nitrogens with zero attached hydrogens (tertiary/aromatic N) is 2. The van der Waals surface area contributed by atoms with Gasteiger partial charge in [0.05, 0.1) is 51.2 Å². The number of hydrogen-bond acceptors (Lipinski definition) is 8. The number of carbonyl (C=O) groups excluding carboxylic acids is 1. The van der Waals surface area contributed by atoms with Crippen LogP contribution < -0.4 is 24.4 Å². The van der Waals surface area contributed by atoms with Crippen LogP contribution in [0.2, 0.25) is 0 Å². The predicted octanol–water partition coefficient (Wildman–Crippen LogP) is 2.39. The van der Waals surface area contributed by atoms with Crippen molar-refractivity contribution in [1.82, 2.24) is 5.43 Å². The number of methoxy groups -OCH3 is 4. The largest absolute Gasteiger partial charge is 0.493 e. The van der Waals surface area contributed by atoms with Crippen LogP contribution in [0.4, 0.5) is 5.69 Å². The lowest BCUT2D eigenvalue weighted by molar-refractivity contribution is -0.385. The first kappa shape index (κ1) is 20.5. The Balaban J connectivity index is 2.24. The molecule has 0 spiro atoms. The summed E-state index contributed by atoms with van der Waals surface area (Å²) >= 11 is 0. The van der Waals surface area contributed by atoms with Crippen molar-refractivity contribution in [2.45, 2.75) is 0 Å². The van der Waals surface area contributed by atoms with Crippen molar-refractivity contribution in [1.29, 1.82) is 0 Å². The first-order valence-electron chi connectivity index (χ1n) is 7.91. The zero-order valence-electron chi connectivity index (χ0n) is 15.7. The molecule has 2 aromatic carbocycles. The van der Waals surface area contributed by atoms with Gasteiger partial charge in [-0.2, -0.15) is 5.10 Å². The fraction of sp³-hybridized carbons (Fsp3) is 0.222. The van der Waals surface area contributed by atoms with E-state index < -0.39 is 10.8 Å². The number of hydrazone groups is 1. The van der Waals surface area contributed by atoms with Crippen LogP contribution in [-0.2, 0) is 0 Å². The zero-order valence-corrected chi connectivity index (χ0v) is 15.7. The maximum absolute atomic E-state index is 12.2. The van der Waals surface area contributed by atoms with E-state index in [4.69, 9.17) is 18.9 Å². The highest BCUT2D eigenvalue weighted by Crippen LogP contribution is 2.33. The van der Waals surface area contributed by atoms with Crippen molar-refractivity contribution >= 4 is 17.8 Å². The number of benzene rings is 2. The van der Waals surface area contributed by atoms with Crippen molar-refractivity contribution in [3.63, 3.8) is 0 Å². The molecule has 0 aliphatic carbocycles. The average molecular weight is 389 g/mol. The van der Waals surface area contributed by atoms with E-state index in [2.05, 4.69) is 10.5 Å². The second-order valence-corrected chi connectivity index (χ2v) is 5.29. The van der Waals surface area contributed by atoms with Crippen LogP contribution in [0.5, 0.6) is 23.0 Å². The molecule has 10 heteroatoms. The molecule has 0 aliphatic rings. The molecule has 148 valence electrons. The van der Waals surface area contributed by atoms with Crippen molar-refractivity contribution in [2.24, 2.45) is 5.10 Å². The van der Waals surface area contributed by atoms with Gasteiger partial charge in [-0.15, -0.1) is 0 Å². The first-order valence-corrected chi connectivity index (χ1v) is 7.91. The molecule has 28 heavy (non-hydrogen) atoms. The minimum Gasteiger partial charge on any atom is -0.493 e. The monoisotopic (exact) mass is 389 g/mol. The SMILES string of the molecule is COc1ccc(C(=O)N/N=C\c2cc(OC)c(OC)cc2[N+](=O)[O-])cc1OC. The Kier molecular flexibility index (Phi) is 6.74. The van der Waals surface area contributed by atoms with Gasteiger partial charge in [0.25, 0.3) is 11.6 Å². The van der Waals surface area contributed by atoms with Gasteiger partial charge in [0.15, 0.2) is 23.0 Å². The fourth-order valence-electron chi connectivity index (χ4n) is 2.35. The maximum Gasteiger partial charge on any atom is 0.282 e. The highest BCUT2D eigenvalue weighted by atomic mass is 16.6. The van der Waals surface area contributed by atoms with Gasteiger partial charge < -0.3 is 18.9 Å². The van der Waals surface area contributed by atoms with E-state index >= 15 is 0 Å². The van der Waals surface area contributed by atoms with E-state index in [9.17, 15) is 14.9 Å². The Bertz CT molecular complexity index is 912. The number of ether oxygens (including phenoxy) is 4. The van der Waals surface area contributed by atoms with Gasteiger partial charge in [0.2, 0.25) is 0 Å². The smallest absolute Gasteiger partial charge is 0.282 e. The third-order valence-electron chi connectivity index (χ3n) is 3.75. The summed E-state index contributed by atoms with van der Waals surface area (Å²) in [4.78, 5) is 22.9. The quantitative estimate of drug-likeness (QED) is 0.418. The molecule has 0 saturated heterocycles. The predicted molar refractivity (Wildman–Crippen MR) is 101 cm³/mol. The Labute approximate surface area is 160 Å². The number of nitro benzene ring substituents is 1. The van der Waals surface area contributed by atoms with Crippen LogP contribution in [0, 0.1) is 10.1 Å². The van der Waals surface area contributed by atoms with E-state index in [0.717, 1.165) is 6.21 Å². The number of carbonyl (C=O) groups is 1. The van der Waals surface area contributed by atoms with E-state index in [0.29, 0.717) is 17.2 Å². The minimum absolute atomic E-state index is 0.135. The molecule has 0 atom stereocenters. The fourth-order valence-corrected chi connectivity index (χ4v) is 2.35. The van der Waals surface area contributed by atoms with Crippen LogP contribution in [0.15, 0.2) is 35.4 Å². The van der Waals surface area contributed by atoms with E-state index in [1.165, 1.54) is 52.7 Å². The average Bonchev–Trinajstić information content (AvgIpc) is 2.72. The van der Waals surface area contributed by atoms with Crippen molar-refractivity contribution in [3.8, 4) is 23.0 Å². The first-order chi connectivity index (χ1) is 13.4. The second-order valence-electron chi connectivity index (χ2n) is 5.29. The normalized spacial score (nSPS) is 10.4. The van der Waals surface area contributed by atoms with Crippen LogP contribution in [0.25, 0.3) is 0 Å². The molecule has 0 radical (unpaired) electrons. The lowest BCUT2D eigenvalue weighted by atomic mass is 10.1. The molecule has 0 fully saturated rings. The maximum atomic E-state index is 12.2. The number of hydrogen-bond donors (Lipinski definition) is 1. The molecule has 0 unspecified atom stereocenters. The Morgan fingerprint density at radius 3 is 2.11 bits per heavy atom. The molecule has 0 aromatic heterocycles. The molecule has 0 bridgehead atoms. The van der Waals surface area contributed by atoms with Gasteiger partial charge in [0.1, 0.15) is 0 Å². The number of nitrogens with one attached hydrogen (secondary N) is 1. The highest BCUT2D eigenvalue weighted by Gasteiger charge is 2.18. The van der Waals surface area contributed by atoms with Gasteiger partial charge in [-0.25, -0.2) is 5.43 Å². The number of nitro groups is 1. The minimum atomic E-state index is -0.584. The summed E-state index contributed by atoms with van der Waals surface area (Å²) in [5.41, 5.74) is 2.47. The Morgan fingerprint density at radius 1 is 0.964 bits per heavy atom. The molecule has 2 rings (SSSR count). The van der Waals surface area contributed by atoms with Gasteiger partial charge >= 0.3 is 0 Å². The highest BCUT2D eigenvalue weighted by molar-refractivity contribution is 5.96.